The van der Waals surface area contributed by atoms with Gasteiger partial charge < -0.3 is 10.4 Å². The average molecular weight is 296 g/mol. The smallest absolute Gasteiger partial charge is 0.333 e. The first-order chi connectivity index (χ1) is 10.1. The second-order valence-corrected chi connectivity index (χ2v) is 5.75. The summed E-state index contributed by atoms with van der Waals surface area (Å²) in [5, 5.41) is 28.4. The van der Waals surface area contributed by atoms with Crippen LogP contribution in [0.25, 0.3) is 0 Å². The Morgan fingerprint density at radius 3 is 2.81 bits per heavy atom. The quantitative estimate of drug-likeness (QED) is 0.620. The van der Waals surface area contributed by atoms with E-state index in [-0.39, 0.29) is 29.2 Å². The van der Waals surface area contributed by atoms with Gasteiger partial charge in [-0.05, 0) is 19.3 Å². The van der Waals surface area contributed by atoms with Crippen LogP contribution in [0.5, 0.6) is 0 Å². The third kappa shape index (κ3) is 3.34. The van der Waals surface area contributed by atoms with Crippen molar-refractivity contribution in [3.05, 3.63) is 15.8 Å². The highest BCUT2D eigenvalue weighted by atomic mass is 16.6. The third-order valence-electron chi connectivity index (χ3n) is 4.23. The number of hydrogen-bond donors (Lipinski definition) is 2. The predicted molar refractivity (Wildman–Crippen MR) is 80.3 cm³/mol. The average Bonchev–Trinajstić information content (AvgIpc) is 2.76. The van der Waals surface area contributed by atoms with Gasteiger partial charge in [0, 0.05) is 25.6 Å². The molecule has 1 aromatic rings. The van der Waals surface area contributed by atoms with Gasteiger partial charge in [-0.2, -0.15) is 5.10 Å². The third-order valence-corrected chi connectivity index (χ3v) is 4.23. The molecule has 1 heterocycles. The van der Waals surface area contributed by atoms with Crippen LogP contribution in [0.1, 0.15) is 44.7 Å². The maximum absolute atomic E-state index is 11.4. The normalized spacial score (nSPS) is 22.2. The minimum Gasteiger partial charge on any atom is -0.396 e. The van der Waals surface area contributed by atoms with Crippen molar-refractivity contribution >= 4 is 11.5 Å². The molecule has 1 saturated carbocycles. The first-order valence-corrected chi connectivity index (χ1v) is 7.66. The number of aromatic nitrogens is 2. The van der Waals surface area contributed by atoms with Crippen molar-refractivity contribution in [3.63, 3.8) is 0 Å². The van der Waals surface area contributed by atoms with Crippen molar-refractivity contribution in [1.82, 2.24) is 9.78 Å². The molecule has 2 rings (SSSR count). The number of aryl methyl sites for hydroxylation is 2. The minimum absolute atomic E-state index is 0.0762. The highest BCUT2D eigenvalue weighted by Gasteiger charge is 2.31. The number of anilines is 1. The Kier molecular flexibility index (Phi) is 5.17. The standard InChI is InChI=1S/C14H24N4O3/c1-3-6-12-13(18(20)21)14(17(2)16-12)15-11-8-5-4-7-10(11)9-19/h10-11,15,19H,3-9H2,1-2H3. The van der Waals surface area contributed by atoms with Crippen LogP contribution in [-0.2, 0) is 13.5 Å². The summed E-state index contributed by atoms with van der Waals surface area (Å²) in [6, 6.07) is 0.0762. The Balaban J connectivity index is 2.27. The molecule has 7 nitrogen and oxygen atoms in total. The molecule has 1 aliphatic rings. The van der Waals surface area contributed by atoms with E-state index >= 15 is 0 Å². The van der Waals surface area contributed by atoms with E-state index in [4.69, 9.17) is 0 Å². The van der Waals surface area contributed by atoms with Gasteiger partial charge in [0.2, 0.25) is 5.82 Å². The van der Waals surface area contributed by atoms with Crippen LogP contribution >= 0.6 is 0 Å². The number of nitro groups is 1. The maximum atomic E-state index is 11.4. The molecule has 21 heavy (non-hydrogen) atoms. The lowest BCUT2D eigenvalue weighted by Crippen LogP contribution is -2.35. The molecular formula is C14H24N4O3. The van der Waals surface area contributed by atoms with Crippen molar-refractivity contribution in [2.24, 2.45) is 13.0 Å². The van der Waals surface area contributed by atoms with Crippen molar-refractivity contribution in [1.29, 1.82) is 0 Å². The van der Waals surface area contributed by atoms with Gasteiger partial charge in [-0.3, -0.25) is 10.1 Å². The van der Waals surface area contributed by atoms with Gasteiger partial charge in [-0.15, -0.1) is 0 Å². The zero-order valence-corrected chi connectivity index (χ0v) is 12.7. The fourth-order valence-electron chi connectivity index (χ4n) is 3.12. The van der Waals surface area contributed by atoms with E-state index in [9.17, 15) is 15.2 Å². The molecule has 0 radical (unpaired) electrons. The van der Waals surface area contributed by atoms with E-state index in [1.807, 2.05) is 6.92 Å². The molecule has 0 aromatic carbocycles. The number of rotatable bonds is 6. The van der Waals surface area contributed by atoms with E-state index in [1.54, 1.807) is 11.7 Å². The van der Waals surface area contributed by atoms with Gasteiger partial charge in [0.05, 0.1) is 4.92 Å². The van der Waals surface area contributed by atoms with Crippen LogP contribution < -0.4 is 5.32 Å². The second-order valence-electron chi connectivity index (χ2n) is 5.75. The number of nitrogens with zero attached hydrogens (tertiary/aromatic N) is 3. The highest BCUT2D eigenvalue weighted by molar-refractivity contribution is 5.60. The van der Waals surface area contributed by atoms with Crippen LogP contribution in [0.3, 0.4) is 0 Å². The topological polar surface area (TPSA) is 93.2 Å². The summed E-state index contributed by atoms with van der Waals surface area (Å²) in [4.78, 5) is 11.0. The molecule has 0 amide bonds. The van der Waals surface area contributed by atoms with E-state index in [0.29, 0.717) is 17.9 Å². The highest BCUT2D eigenvalue weighted by Crippen LogP contribution is 2.33. The number of nitrogens with one attached hydrogen (secondary N) is 1. The van der Waals surface area contributed by atoms with E-state index < -0.39 is 0 Å². The maximum Gasteiger partial charge on any atom is 0.333 e. The van der Waals surface area contributed by atoms with Crippen molar-refractivity contribution < 1.29 is 10.0 Å². The molecule has 1 aliphatic carbocycles. The summed E-state index contributed by atoms with van der Waals surface area (Å²) in [5.74, 6) is 0.622. The van der Waals surface area contributed by atoms with Gasteiger partial charge >= 0.3 is 5.69 Å². The number of hydrogen-bond acceptors (Lipinski definition) is 5. The molecule has 0 saturated heterocycles. The van der Waals surface area contributed by atoms with Crippen LogP contribution in [0, 0.1) is 16.0 Å². The summed E-state index contributed by atoms with van der Waals surface area (Å²) >= 11 is 0. The van der Waals surface area contributed by atoms with Gasteiger partial charge in [-0.25, -0.2) is 4.68 Å². The van der Waals surface area contributed by atoms with Crippen LogP contribution in [0.15, 0.2) is 0 Å². The molecule has 2 atom stereocenters. The summed E-state index contributed by atoms with van der Waals surface area (Å²) in [6.45, 7) is 2.10. The van der Waals surface area contributed by atoms with Crippen LogP contribution in [0.4, 0.5) is 11.5 Å². The molecule has 0 bridgehead atoms. The van der Waals surface area contributed by atoms with Crippen LogP contribution in [-0.4, -0.2) is 32.5 Å². The summed E-state index contributed by atoms with van der Waals surface area (Å²) in [5.41, 5.74) is 0.616. The molecule has 1 aromatic heterocycles. The first-order valence-electron chi connectivity index (χ1n) is 7.66. The van der Waals surface area contributed by atoms with Gasteiger partial charge in [0.1, 0.15) is 5.69 Å². The number of aliphatic hydroxyl groups is 1. The predicted octanol–water partition coefficient (Wildman–Crippen LogP) is 2.24. The van der Waals surface area contributed by atoms with Crippen molar-refractivity contribution in [3.8, 4) is 0 Å². The Morgan fingerprint density at radius 2 is 2.19 bits per heavy atom. The lowest BCUT2D eigenvalue weighted by molar-refractivity contribution is -0.384. The van der Waals surface area contributed by atoms with E-state index in [0.717, 1.165) is 32.1 Å². The SMILES string of the molecule is CCCc1nn(C)c(NC2CCCCC2CO)c1[N+](=O)[O-]. The fourth-order valence-corrected chi connectivity index (χ4v) is 3.12. The fraction of sp³-hybridized carbons (Fsp3) is 0.786. The molecule has 0 spiro atoms. The largest absolute Gasteiger partial charge is 0.396 e. The van der Waals surface area contributed by atoms with Crippen LogP contribution in [0.2, 0.25) is 0 Å². The molecule has 7 heteroatoms. The van der Waals surface area contributed by atoms with Gasteiger partial charge in [-0.1, -0.05) is 26.2 Å². The lowest BCUT2D eigenvalue weighted by atomic mass is 9.85. The van der Waals surface area contributed by atoms with Gasteiger partial charge in [0.15, 0.2) is 0 Å². The van der Waals surface area contributed by atoms with Crippen molar-refractivity contribution in [2.75, 3.05) is 11.9 Å². The monoisotopic (exact) mass is 296 g/mol. The Labute approximate surface area is 124 Å². The van der Waals surface area contributed by atoms with Gasteiger partial charge in [0.25, 0.3) is 0 Å². The first kappa shape index (κ1) is 15.8. The Hall–Kier alpha value is -1.63. The minimum atomic E-state index is -0.350. The molecule has 2 N–H and O–H groups in total. The molecule has 0 aliphatic heterocycles. The van der Waals surface area contributed by atoms with E-state index in [2.05, 4.69) is 10.4 Å². The zero-order chi connectivity index (χ0) is 15.4. The molecule has 118 valence electrons. The van der Waals surface area contributed by atoms with Crippen molar-refractivity contribution in [2.45, 2.75) is 51.5 Å². The lowest BCUT2D eigenvalue weighted by Gasteiger charge is -2.31. The number of aliphatic hydroxyl groups excluding tert-OH is 1. The Bertz CT molecular complexity index is 501. The molecular weight excluding hydrogens is 272 g/mol. The summed E-state index contributed by atoms with van der Waals surface area (Å²) < 4.78 is 1.56. The zero-order valence-electron chi connectivity index (χ0n) is 12.7. The summed E-state index contributed by atoms with van der Waals surface area (Å²) in [7, 11) is 1.73. The second kappa shape index (κ2) is 6.89. The van der Waals surface area contributed by atoms with E-state index in [1.165, 1.54) is 0 Å². The Morgan fingerprint density at radius 1 is 1.48 bits per heavy atom. The molecule has 2 unspecified atom stereocenters. The summed E-state index contributed by atoms with van der Waals surface area (Å²) in [6.07, 6.45) is 5.50. The molecule has 1 fully saturated rings.